The Labute approximate surface area is 185 Å². The highest BCUT2D eigenvalue weighted by molar-refractivity contribution is 7.89. The molecule has 0 aliphatic carbocycles. The monoisotopic (exact) mass is 448 g/mol. The zero-order valence-corrected chi connectivity index (χ0v) is 19.5. The molecule has 0 atom stereocenters. The van der Waals surface area contributed by atoms with Gasteiger partial charge in [0.15, 0.2) is 5.75 Å². The Morgan fingerprint density at radius 1 is 1.00 bits per heavy atom. The van der Waals surface area contributed by atoms with Crippen molar-refractivity contribution in [1.29, 1.82) is 0 Å². The molecule has 2 aromatic rings. The van der Waals surface area contributed by atoms with E-state index in [1.54, 1.807) is 24.3 Å². The largest absolute Gasteiger partial charge is 0.478 e. The van der Waals surface area contributed by atoms with Gasteiger partial charge in [0, 0.05) is 27.2 Å². The number of carboxylic acid groups (broad SMARTS) is 1. The number of benzene rings is 2. The summed E-state index contributed by atoms with van der Waals surface area (Å²) in [6, 6.07) is 11.6. The molecule has 0 heterocycles. The molecule has 0 saturated carbocycles. The number of sulfonamides is 1. The minimum Gasteiger partial charge on any atom is -0.478 e. The summed E-state index contributed by atoms with van der Waals surface area (Å²) in [6.07, 6.45) is 3.70. The summed E-state index contributed by atoms with van der Waals surface area (Å²) in [5, 5.41) is 9.68. The molecule has 8 heteroatoms. The van der Waals surface area contributed by atoms with Gasteiger partial charge in [-0.05, 0) is 37.1 Å². The van der Waals surface area contributed by atoms with E-state index in [1.807, 2.05) is 11.0 Å². The van der Waals surface area contributed by atoms with E-state index in [1.165, 1.54) is 26.2 Å². The van der Waals surface area contributed by atoms with Gasteiger partial charge in [-0.15, -0.1) is 0 Å². The smallest absolute Gasteiger partial charge is 0.335 e. The second-order valence-corrected chi connectivity index (χ2v) is 9.64. The first-order valence-electron chi connectivity index (χ1n) is 10.5. The number of anilines is 1. The fraction of sp³-hybridized carbons (Fsp3) is 0.435. The standard InChI is InChI=1S/C23H32N2O5S/c1-5-7-14-25(15-8-6-2)20-16-18(23(26)27)17-21(31(28,29)24(3)4)22(20)30-19-12-10-9-11-13-19/h9-13,16-17H,5-8,14-15H2,1-4H3,(H,26,27). The van der Waals surface area contributed by atoms with E-state index < -0.39 is 16.0 Å². The Morgan fingerprint density at radius 2 is 1.58 bits per heavy atom. The van der Waals surface area contributed by atoms with Gasteiger partial charge < -0.3 is 14.7 Å². The fourth-order valence-corrected chi connectivity index (χ4v) is 4.14. The van der Waals surface area contributed by atoms with Crippen molar-refractivity contribution in [3.05, 3.63) is 48.0 Å². The number of hydrogen-bond acceptors (Lipinski definition) is 5. The second kappa shape index (κ2) is 11.2. The molecule has 7 nitrogen and oxygen atoms in total. The van der Waals surface area contributed by atoms with Crippen molar-refractivity contribution in [3.8, 4) is 11.5 Å². The molecule has 0 bridgehead atoms. The summed E-state index contributed by atoms with van der Waals surface area (Å²) >= 11 is 0. The molecule has 0 fully saturated rings. The predicted octanol–water partition coefficient (Wildman–Crippen LogP) is 4.83. The van der Waals surface area contributed by atoms with E-state index in [0.29, 0.717) is 24.5 Å². The number of nitrogens with zero attached hydrogens (tertiary/aromatic N) is 2. The molecule has 0 aliphatic heterocycles. The Bertz CT molecular complexity index is 967. The average molecular weight is 449 g/mol. The molecule has 0 saturated heterocycles. The third-order valence-electron chi connectivity index (χ3n) is 4.91. The van der Waals surface area contributed by atoms with Gasteiger partial charge in [-0.25, -0.2) is 17.5 Å². The summed E-state index contributed by atoms with van der Waals surface area (Å²) in [4.78, 5) is 13.7. The number of unbranched alkanes of at least 4 members (excludes halogenated alkanes) is 2. The van der Waals surface area contributed by atoms with Gasteiger partial charge in [0.2, 0.25) is 10.0 Å². The molecule has 31 heavy (non-hydrogen) atoms. The summed E-state index contributed by atoms with van der Waals surface area (Å²) in [7, 11) is -1.13. The minimum absolute atomic E-state index is 0.0890. The average Bonchev–Trinajstić information content (AvgIpc) is 2.74. The number of ether oxygens (including phenoxy) is 1. The van der Waals surface area contributed by atoms with Crippen molar-refractivity contribution in [3.63, 3.8) is 0 Å². The Morgan fingerprint density at radius 3 is 2.06 bits per heavy atom. The molecule has 2 aromatic carbocycles. The first-order valence-corrected chi connectivity index (χ1v) is 12.0. The van der Waals surface area contributed by atoms with Crippen molar-refractivity contribution in [2.45, 2.75) is 44.4 Å². The van der Waals surface area contributed by atoms with Crippen molar-refractivity contribution in [2.24, 2.45) is 0 Å². The Balaban J connectivity index is 2.79. The van der Waals surface area contributed by atoms with E-state index in [2.05, 4.69) is 13.8 Å². The van der Waals surface area contributed by atoms with Crippen LogP contribution in [0.2, 0.25) is 0 Å². The van der Waals surface area contributed by atoms with Gasteiger partial charge in [0.05, 0.1) is 11.3 Å². The first kappa shape index (κ1) is 24.7. The maximum atomic E-state index is 13.2. The van der Waals surface area contributed by atoms with Gasteiger partial charge in [-0.3, -0.25) is 0 Å². The van der Waals surface area contributed by atoms with Gasteiger partial charge in [-0.2, -0.15) is 0 Å². The zero-order valence-electron chi connectivity index (χ0n) is 18.7. The molecule has 0 aromatic heterocycles. The van der Waals surface area contributed by atoms with Crippen LogP contribution in [0, 0.1) is 0 Å². The number of aromatic carboxylic acids is 1. The first-order chi connectivity index (χ1) is 14.7. The van der Waals surface area contributed by atoms with Gasteiger partial charge in [-0.1, -0.05) is 44.9 Å². The Hall–Kier alpha value is -2.58. The summed E-state index contributed by atoms with van der Waals surface area (Å²) in [5.41, 5.74) is 0.389. The lowest BCUT2D eigenvalue weighted by atomic mass is 10.1. The number of para-hydroxylation sites is 1. The molecule has 0 aliphatic rings. The van der Waals surface area contributed by atoms with E-state index in [-0.39, 0.29) is 16.2 Å². The second-order valence-electron chi connectivity index (χ2n) is 7.52. The molecular weight excluding hydrogens is 416 g/mol. The highest BCUT2D eigenvalue weighted by Crippen LogP contribution is 2.40. The molecular formula is C23H32N2O5S. The lowest BCUT2D eigenvalue weighted by Crippen LogP contribution is -2.28. The third kappa shape index (κ3) is 6.21. The van der Waals surface area contributed by atoms with Crippen LogP contribution < -0.4 is 9.64 Å². The van der Waals surface area contributed by atoms with Crippen molar-refractivity contribution in [1.82, 2.24) is 4.31 Å². The molecule has 0 amide bonds. The van der Waals surface area contributed by atoms with Gasteiger partial charge in [0.25, 0.3) is 0 Å². The van der Waals surface area contributed by atoms with Gasteiger partial charge >= 0.3 is 5.97 Å². The molecule has 170 valence electrons. The molecule has 0 unspecified atom stereocenters. The number of hydrogen-bond donors (Lipinski definition) is 1. The zero-order chi connectivity index (χ0) is 23.0. The summed E-state index contributed by atoms with van der Waals surface area (Å²) in [6.45, 7) is 5.50. The topological polar surface area (TPSA) is 87.2 Å². The predicted molar refractivity (Wildman–Crippen MR) is 123 cm³/mol. The normalized spacial score (nSPS) is 11.5. The van der Waals surface area contributed by atoms with Crippen LogP contribution in [0.5, 0.6) is 11.5 Å². The van der Waals surface area contributed by atoms with Crippen LogP contribution in [0.4, 0.5) is 5.69 Å². The number of carbonyl (C=O) groups is 1. The van der Waals surface area contributed by atoms with Crippen LogP contribution in [0.1, 0.15) is 49.9 Å². The number of rotatable bonds is 12. The summed E-state index contributed by atoms with van der Waals surface area (Å²) in [5.74, 6) is -0.557. The van der Waals surface area contributed by atoms with Crippen molar-refractivity contribution in [2.75, 3.05) is 32.1 Å². The fourth-order valence-electron chi connectivity index (χ4n) is 3.09. The lowest BCUT2D eigenvalue weighted by Gasteiger charge is -2.29. The molecule has 0 spiro atoms. The SMILES string of the molecule is CCCCN(CCCC)c1cc(C(=O)O)cc(S(=O)(=O)N(C)C)c1Oc1ccccc1. The van der Waals surface area contributed by atoms with E-state index in [0.717, 1.165) is 30.0 Å². The van der Waals surface area contributed by atoms with Crippen LogP contribution in [-0.2, 0) is 10.0 Å². The van der Waals surface area contributed by atoms with Crippen LogP contribution in [-0.4, -0.2) is 51.0 Å². The number of carboxylic acids is 1. The molecule has 0 radical (unpaired) electrons. The molecule has 1 N–H and O–H groups in total. The van der Waals surface area contributed by atoms with Crippen LogP contribution in [0.3, 0.4) is 0 Å². The quantitative estimate of drug-likeness (QED) is 0.500. The highest BCUT2D eigenvalue weighted by Gasteiger charge is 2.29. The third-order valence-corrected chi connectivity index (χ3v) is 6.73. The summed E-state index contributed by atoms with van der Waals surface area (Å²) < 4.78 is 33.5. The van der Waals surface area contributed by atoms with Crippen molar-refractivity contribution < 1.29 is 23.1 Å². The lowest BCUT2D eigenvalue weighted by molar-refractivity contribution is 0.0696. The van der Waals surface area contributed by atoms with E-state index in [9.17, 15) is 18.3 Å². The minimum atomic E-state index is -3.96. The van der Waals surface area contributed by atoms with E-state index >= 15 is 0 Å². The van der Waals surface area contributed by atoms with Crippen LogP contribution in [0.15, 0.2) is 47.4 Å². The van der Waals surface area contributed by atoms with Crippen LogP contribution in [0.25, 0.3) is 0 Å². The van der Waals surface area contributed by atoms with E-state index in [4.69, 9.17) is 4.74 Å². The maximum absolute atomic E-state index is 13.2. The molecule has 2 rings (SSSR count). The highest BCUT2D eigenvalue weighted by atomic mass is 32.2. The maximum Gasteiger partial charge on any atom is 0.335 e. The van der Waals surface area contributed by atoms with Crippen LogP contribution >= 0.6 is 0 Å². The Kier molecular flexibility index (Phi) is 8.88. The van der Waals surface area contributed by atoms with Crippen molar-refractivity contribution >= 4 is 21.7 Å². The van der Waals surface area contributed by atoms with Gasteiger partial charge in [0.1, 0.15) is 10.6 Å².